The number of nitrogens with zero attached hydrogens (tertiary/aromatic N) is 3. The van der Waals surface area contributed by atoms with E-state index >= 15 is 0 Å². The van der Waals surface area contributed by atoms with Crippen molar-refractivity contribution in [1.82, 2.24) is 9.88 Å². The summed E-state index contributed by atoms with van der Waals surface area (Å²) in [4.78, 5) is 21.4. The van der Waals surface area contributed by atoms with Gasteiger partial charge >= 0.3 is 0 Å². The molecular formula is C23H23N3O4. The zero-order chi connectivity index (χ0) is 20.3. The largest absolute Gasteiger partial charge is 0.477 e. The molecule has 7 heteroatoms. The standard InChI is InChI=1S/C23H23N3O4/c27-23(25-10-12-28-13-11-25)21-15-26(18-8-4-5-9-19(18)29-21)16-22-24-14-20(30-22)17-6-2-1-3-7-17/h1-9,14,21H,10-13,15-16H2/t21-/m1/s1. The van der Waals surface area contributed by atoms with Crippen LogP contribution in [0.3, 0.4) is 0 Å². The molecule has 1 amide bonds. The number of amides is 1. The number of carbonyl (C=O) groups excluding carboxylic acids is 1. The SMILES string of the molecule is O=C([C@H]1CN(Cc2ncc(-c3ccccc3)o2)c2ccccc2O1)N1CCOCC1. The predicted molar refractivity (Wildman–Crippen MR) is 111 cm³/mol. The Kier molecular flexibility index (Phi) is 5.11. The average molecular weight is 405 g/mol. The van der Waals surface area contributed by atoms with Gasteiger partial charge in [0.05, 0.1) is 38.2 Å². The quantitative estimate of drug-likeness (QED) is 0.665. The van der Waals surface area contributed by atoms with Crippen LogP contribution in [0.25, 0.3) is 11.3 Å². The highest BCUT2D eigenvalue weighted by molar-refractivity contribution is 5.83. The number of oxazole rings is 1. The minimum Gasteiger partial charge on any atom is -0.477 e. The summed E-state index contributed by atoms with van der Waals surface area (Å²) < 4.78 is 17.4. The van der Waals surface area contributed by atoms with E-state index in [-0.39, 0.29) is 5.91 Å². The fourth-order valence-electron chi connectivity index (χ4n) is 3.86. The van der Waals surface area contributed by atoms with Crippen LogP contribution in [0.2, 0.25) is 0 Å². The maximum atomic E-state index is 13.0. The third-order valence-corrected chi connectivity index (χ3v) is 5.40. The highest BCUT2D eigenvalue weighted by Gasteiger charge is 2.34. The number of para-hydroxylation sites is 2. The number of carbonyl (C=O) groups is 1. The Hall–Kier alpha value is -3.32. The van der Waals surface area contributed by atoms with Crippen molar-refractivity contribution >= 4 is 11.6 Å². The third kappa shape index (κ3) is 3.76. The highest BCUT2D eigenvalue weighted by atomic mass is 16.5. The van der Waals surface area contributed by atoms with Crippen molar-refractivity contribution in [2.24, 2.45) is 0 Å². The smallest absolute Gasteiger partial charge is 0.265 e. The molecule has 30 heavy (non-hydrogen) atoms. The van der Waals surface area contributed by atoms with Crippen LogP contribution in [0.4, 0.5) is 5.69 Å². The van der Waals surface area contributed by atoms with E-state index in [9.17, 15) is 4.79 Å². The van der Waals surface area contributed by atoms with Gasteiger partial charge in [0.15, 0.2) is 11.9 Å². The molecule has 2 aliphatic rings. The summed E-state index contributed by atoms with van der Waals surface area (Å²) in [5.74, 6) is 2.02. The monoisotopic (exact) mass is 405 g/mol. The number of morpholine rings is 1. The van der Waals surface area contributed by atoms with Crippen LogP contribution in [-0.2, 0) is 16.1 Å². The van der Waals surface area contributed by atoms with Crippen molar-refractivity contribution in [1.29, 1.82) is 0 Å². The van der Waals surface area contributed by atoms with Crippen molar-refractivity contribution in [2.75, 3.05) is 37.7 Å². The lowest BCUT2D eigenvalue weighted by Crippen LogP contribution is -2.52. The Morgan fingerprint density at radius 2 is 1.80 bits per heavy atom. The van der Waals surface area contributed by atoms with Gasteiger partial charge < -0.3 is 23.7 Å². The van der Waals surface area contributed by atoms with Gasteiger partial charge in [-0.2, -0.15) is 0 Å². The Labute approximate surface area is 174 Å². The van der Waals surface area contributed by atoms with E-state index in [2.05, 4.69) is 9.88 Å². The molecule has 2 aliphatic heterocycles. The van der Waals surface area contributed by atoms with E-state index < -0.39 is 6.10 Å². The molecule has 1 aromatic heterocycles. The number of hydrogen-bond acceptors (Lipinski definition) is 6. The molecule has 3 aromatic rings. The highest BCUT2D eigenvalue weighted by Crippen LogP contribution is 2.34. The van der Waals surface area contributed by atoms with Gasteiger partial charge in [-0.05, 0) is 12.1 Å². The van der Waals surface area contributed by atoms with Crippen LogP contribution in [-0.4, -0.2) is 54.7 Å². The predicted octanol–water partition coefficient (Wildman–Crippen LogP) is 2.97. The molecule has 0 unspecified atom stereocenters. The lowest BCUT2D eigenvalue weighted by Gasteiger charge is -2.37. The van der Waals surface area contributed by atoms with E-state index in [0.717, 1.165) is 17.0 Å². The average Bonchev–Trinajstić information content (AvgIpc) is 3.28. The van der Waals surface area contributed by atoms with Crippen molar-refractivity contribution in [3.05, 3.63) is 66.7 Å². The first-order valence-electron chi connectivity index (χ1n) is 10.2. The first-order chi connectivity index (χ1) is 14.8. The van der Waals surface area contributed by atoms with Crippen LogP contribution in [0, 0.1) is 0 Å². The summed E-state index contributed by atoms with van der Waals surface area (Å²) in [6, 6.07) is 17.7. The second-order valence-electron chi connectivity index (χ2n) is 7.38. The topological polar surface area (TPSA) is 68.0 Å². The third-order valence-electron chi connectivity index (χ3n) is 5.40. The molecule has 154 valence electrons. The lowest BCUT2D eigenvalue weighted by molar-refractivity contribution is -0.142. The first-order valence-corrected chi connectivity index (χ1v) is 10.2. The van der Waals surface area contributed by atoms with Gasteiger partial charge in [0.1, 0.15) is 5.75 Å². The Morgan fingerprint density at radius 1 is 1.03 bits per heavy atom. The Morgan fingerprint density at radius 3 is 2.63 bits per heavy atom. The minimum atomic E-state index is -0.568. The van der Waals surface area contributed by atoms with Crippen LogP contribution < -0.4 is 9.64 Å². The number of aromatic nitrogens is 1. The number of rotatable bonds is 4. The van der Waals surface area contributed by atoms with Gasteiger partial charge in [0, 0.05) is 18.7 Å². The van der Waals surface area contributed by atoms with Gasteiger partial charge in [-0.1, -0.05) is 42.5 Å². The van der Waals surface area contributed by atoms with Crippen molar-refractivity contribution < 1.29 is 18.7 Å². The molecule has 0 saturated carbocycles. The molecule has 1 saturated heterocycles. The normalized spacial score (nSPS) is 18.6. The molecule has 0 spiro atoms. The maximum absolute atomic E-state index is 13.0. The van der Waals surface area contributed by atoms with Crippen LogP contribution in [0.5, 0.6) is 5.75 Å². The number of fused-ring (bicyclic) bond motifs is 1. The van der Waals surface area contributed by atoms with Gasteiger partial charge in [-0.25, -0.2) is 4.98 Å². The molecule has 0 bridgehead atoms. The summed E-state index contributed by atoms with van der Waals surface area (Å²) in [6.07, 6.45) is 1.18. The summed E-state index contributed by atoms with van der Waals surface area (Å²) in [7, 11) is 0. The van der Waals surface area contributed by atoms with Crippen molar-refractivity contribution in [3.63, 3.8) is 0 Å². The molecule has 3 heterocycles. The van der Waals surface area contributed by atoms with E-state index in [0.29, 0.717) is 51.0 Å². The summed E-state index contributed by atoms with van der Waals surface area (Å²) >= 11 is 0. The maximum Gasteiger partial charge on any atom is 0.265 e. The number of ether oxygens (including phenoxy) is 2. The molecule has 1 atom stereocenters. The molecule has 1 fully saturated rings. The fourth-order valence-corrected chi connectivity index (χ4v) is 3.86. The number of benzene rings is 2. The summed E-state index contributed by atoms with van der Waals surface area (Å²) in [5, 5.41) is 0. The molecule has 0 N–H and O–H groups in total. The van der Waals surface area contributed by atoms with Crippen LogP contribution in [0.1, 0.15) is 5.89 Å². The molecule has 0 radical (unpaired) electrons. The molecule has 5 rings (SSSR count). The van der Waals surface area contributed by atoms with E-state index in [4.69, 9.17) is 13.9 Å². The van der Waals surface area contributed by atoms with Gasteiger partial charge in [0.2, 0.25) is 5.89 Å². The zero-order valence-corrected chi connectivity index (χ0v) is 16.6. The first kappa shape index (κ1) is 18.7. The van der Waals surface area contributed by atoms with Crippen LogP contribution in [0.15, 0.2) is 65.2 Å². The molecule has 7 nitrogen and oxygen atoms in total. The molecule has 0 aliphatic carbocycles. The molecule has 2 aromatic carbocycles. The Bertz CT molecular complexity index is 1010. The second-order valence-corrected chi connectivity index (χ2v) is 7.38. The molecular weight excluding hydrogens is 382 g/mol. The van der Waals surface area contributed by atoms with Gasteiger partial charge in [0.25, 0.3) is 5.91 Å². The number of anilines is 1. The zero-order valence-electron chi connectivity index (χ0n) is 16.6. The van der Waals surface area contributed by atoms with Gasteiger partial charge in [-0.15, -0.1) is 0 Å². The van der Waals surface area contributed by atoms with E-state index in [1.165, 1.54) is 0 Å². The number of hydrogen-bond donors (Lipinski definition) is 0. The summed E-state index contributed by atoms with van der Waals surface area (Å²) in [6.45, 7) is 3.23. The van der Waals surface area contributed by atoms with Crippen molar-refractivity contribution in [3.8, 4) is 17.1 Å². The van der Waals surface area contributed by atoms with Gasteiger partial charge in [-0.3, -0.25) is 4.79 Å². The summed E-state index contributed by atoms with van der Waals surface area (Å²) in [5.41, 5.74) is 1.92. The Balaban J connectivity index is 1.37. The van der Waals surface area contributed by atoms with Crippen LogP contribution >= 0.6 is 0 Å². The minimum absolute atomic E-state index is 0.00446. The second kappa shape index (κ2) is 8.20. The van der Waals surface area contributed by atoms with E-state index in [1.54, 1.807) is 6.20 Å². The fraction of sp³-hybridized carbons (Fsp3) is 0.304. The lowest BCUT2D eigenvalue weighted by atomic mass is 10.1. The van der Waals surface area contributed by atoms with Crippen molar-refractivity contribution in [2.45, 2.75) is 12.6 Å². The van der Waals surface area contributed by atoms with E-state index in [1.807, 2.05) is 59.5 Å².